The van der Waals surface area contributed by atoms with Gasteiger partial charge in [0, 0.05) is 49.7 Å². The Morgan fingerprint density at radius 1 is 1.03 bits per heavy atom. The first-order valence-electron chi connectivity index (χ1n) is 12.1. The summed E-state index contributed by atoms with van der Waals surface area (Å²) in [5, 5.41) is 27.9. The summed E-state index contributed by atoms with van der Waals surface area (Å²) in [5.74, 6) is -1.47. The minimum Gasteiger partial charge on any atom is -0.380 e. The zero-order valence-corrected chi connectivity index (χ0v) is 19.9. The van der Waals surface area contributed by atoms with Crippen LogP contribution in [0, 0.1) is 5.92 Å². The molecule has 188 valence electrons. The van der Waals surface area contributed by atoms with Gasteiger partial charge in [-0.25, -0.2) is 4.68 Å². The third-order valence-corrected chi connectivity index (χ3v) is 7.13. The summed E-state index contributed by atoms with van der Waals surface area (Å²) in [6.07, 6.45) is 0.573. The molecule has 0 aliphatic carbocycles. The van der Waals surface area contributed by atoms with Gasteiger partial charge < -0.3 is 25.0 Å². The molecular weight excluding hydrogens is 462 g/mol. The first kappa shape index (κ1) is 24.0. The number of hydrogen-bond acceptors (Lipinski definition) is 6. The summed E-state index contributed by atoms with van der Waals surface area (Å²) in [5.41, 5.74) is 2.47. The van der Waals surface area contributed by atoms with Crippen molar-refractivity contribution in [2.24, 2.45) is 5.92 Å². The zero-order chi connectivity index (χ0) is 25.4. The lowest BCUT2D eigenvalue weighted by Crippen LogP contribution is -2.55. The molecule has 2 amide bonds. The SMILES string of the molecule is C[C@@H](NC(=O)[C@H](O)[C@@H](O)C(=O)N1C[C@H]2C[C@@H](C1)c1cccc(=O)n1C2)c1ccc(-n2cccn2)cc1. The maximum absolute atomic E-state index is 13.0. The summed E-state index contributed by atoms with van der Waals surface area (Å²) in [7, 11) is 0. The highest BCUT2D eigenvalue weighted by Crippen LogP contribution is 2.35. The average molecular weight is 492 g/mol. The number of fused-ring (bicyclic) bond motifs is 4. The van der Waals surface area contributed by atoms with Crippen LogP contribution in [-0.4, -0.2) is 66.6 Å². The van der Waals surface area contributed by atoms with Crippen molar-refractivity contribution in [1.29, 1.82) is 0 Å². The number of hydrogen-bond donors (Lipinski definition) is 3. The highest BCUT2D eigenvalue weighted by atomic mass is 16.3. The number of piperidine rings is 1. The molecule has 2 aliphatic heterocycles. The van der Waals surface area contributed by atoms with E-state index in [0.717, 1.165) is 23.4 Å². The van der Waals surface area contributed by atoms with Crippen molar-refractivity contribution in [2.75, 3.05) is 13.1 Å². The van der Waals surface area contributed by atoms with Gasteiger partial charge in [-0.15, -0.1) is 0 Å². The highest BCUT2D eigenvalue weighted by molar-refractivity contribution is 5.91. The fourth-order valence-electron chi connectivity index (χ4n) is 5.26. The maximum atomic E-state index is 13.0. The standard InChI is InChI=1S/C26H29N5O5/c1-16(18-6-8-20(9-7-18)31-11-3-10-27-31)28-25(35)23(33)24(34)26(36)29-13-17-12-19(15-29)21-4-2-5-22(32)30(21)14-17/h2-11,16-17,19,23-24,33-34H,12-15H2,1H3,(H,28,35)/t16-,17-,19+,23-,24-/m1/s1. The van der Waals surface area contributed by atoms with E-state index < -0.39 is 30.1 Å². The van der Waals surface area contributed by atoms with Gasteiger partial charge in [-0.2, -0.15) is 5.10 Å². The van der Waals surface area contributed by atoms with Gasteiger partial charge in [-0.1, -0.05) is 18.2 Å². The number of benzene rings is 1. The molecule has 0 spiro atoms. The van der Waals surface area contributed by atoms with Gasteiger partial charge in [0.25, 0.3) is 17.4 Å². The molecule has 3 N–H and O–H groups in total. The number of aliphatic hydroxyl groups excluding tert-OH is 2. The first-order chi connectivity index (χ1) is 17.3. The van der Waals surface area contributed by atoms with E-state index in [4.69, 9.17) is 0 Å². The Morgan fingerprint density at radius 3 is 2.53 bits per heavy atom. The number of likely N-dealkylation sites (tertiary alicyclic amines) is 1. The van der Waals surface area contributed by atoms with E-state index in [0.29, 0.717) is 19.6 Å². The average Bonchev–Trinajstić information content (AvgIpc) is 3.43. The second-order valence-corrected chi connectivity index (χ2v) is 9.60. The smallest absolute Gasteiger partial charge is 0.254 e. The number of carbonyl (C=O) groups is 2. The zero-order valence-electron chi connectivity index (χ0n) is 19.9. The molecule has 5 rings (SSSR count). The van der Waals surface area contributed by atoms with E-state index >= 15 is 0 Å². The van der Waals surface area contributed by atoms with Crippen molar-refractivity contribution in [3.05, 3.63) is 82.5 Å². The Bertz CT molecular complexity index is 1300. The lowest BCUT2D eigenvalue weighted by Gasteiger charge is -2.43. The monoisotopic (exact) mass is 491 g/mol. The first-order valence-corrected chi connectivity index (χ1v) is 12.1. The van der Waals surface area contributed by atoms with Crippen LogP contribution in [0.5, 0.6) is 0 Å². The molecule has 1 saturated heterocycles. The van der Waals surface area contributed by atoms with Crippen LogP contribution in [0.4, 0.5) is 0 Å². The van der Waals surface area contributed by atoms with Crippen molar-refractivity contribution < 1.29 is 19.8 Å². The van der Waals surface area contributed by atoms with Gasteiger partial charge in [0.2, 0.25) is 0 Å². The molecule has 2 aromatic heterocycles. The second-order valence-electron chi connectivity index (χ2n) is 9.60. The molecule has 4 heterocycles. The van der Waals surface area contributed by atoms with Crippen LogP contribution in [0.15, 0.2) is 65.7 Å². The fraction of sp³-hybridized carbons (Fsp3) is 0.385. The Balaban J connectivity index is 1.20. The second kappa shape index (κ2) is 9.71. The van der Waals surface area contributed by atoms with Crippen molar-refractivity contribution in [1.82, 2.24) is 24.6 Å². The van der Waals surface area contributed by atoms with E-state index in [2.05, 4.69) is 10.4 Å². The van der Waals surface area contributed by atoms with Crippen LogP contribution in [0.2, 0.25) is 0 Å². The number of nitrogens with one attached hydrogen (secondary N) is 1. The molecule has 0 unspecified atom stereocenters. The molecule has 3 aromatic rings. The molecule has 10 heteroatoms. The lowest BCUT2D eigenvalue weighted by molar-refractivity contribution is -0.155. The molecule has 10 nitrogen and oxygen atoms in total. The molecule has 1 aromatic carbocycles. The van der Waals surface area contributed by atoms with Crippen molar-refractivity contribution in [3.8, 4) is 5.69 Å². The minimum atomic E-state index is -1.90. The van der Waals surface area contributed by atoms with Gasteiger partial charge in [0.15, 0.2) is 12.2 Å². The van der Waals surface area contributed by atoms with Crippen molar-refractivity contribution in [3.63, 3.8) is 0 Å². The Labute approximate surface area is 207 Å². The molecular formula is C26H29N5O5. The minimum absolute atomic E-state index is 0.0294. The molecule has 0 radical (unpaired) electrons. The lowest BCUT2D eigenvalue weighted by atomic mass is 9.83. The number of aliphatic hydroxyl groups is 2. The molecule has 1 fully saturated rings. The van der Waals surface area contributed by atoms with E-state index in [1.165, 1.54) is 11.0 Å². The fourth-order valence-corrected chi connectivity index (χ4v) is 5.26. The third-order valence-electron chi connectivity index (χ3n) is 7.13. The molecule has 36 heavy (non-hydrogen) atoms. The van der Waals surface area contributed by atoms with Crippen molar-refractivity contribution in [2.45, 2.75) is 44.1 Å². The number of amides is 2. The van der Waals surface area contributed by atoms with E-state index in [1.807, 2.05) is 42.6 Å². The Kier molecular flexibility index (Phi) is 6.46. The third kappa shape index (κ3) is 4.57. The normalized spacial score (nSPS) is 21.2. The highest BCUT2D eigenvalue weighted by Gasteiger charge is 2.40. The van der Waals surface area contributed by atoms with Crippen molar-refractivity contribution >= 4 is 11.8 Å². The van der Waals surface area contributed by atoms with Gasteiger partial charge in [-0.05, 0) is 49.1 Å². The number of aromatic nitrogens is 3. The molecule has 2 aliphatic rings. The Morgan fingerprint density at radius 2 is 1.81 bits per heavy atom. The predicted molar refractivity (Wildman–Crippen MR) is 130 cm³/mol. The van der Waals surface area contributed by atoms with Crippen LogP contribution < -0.4 is 10.9 Å². The molecule has 5 atom stereocenters. The van der Waals surface area contributed by atoms with Crippen LogP contribution >= 0.6 is 0 Å². The Hall–Kier alpha value is -3.76. The van der Waals surface area contributed by atoms with E-state index in [9.17, 15) is 24.6 Å². The van der Waals surface area contributed by atoms with Gasteiger partial charge in [0.1, 0.15) is 0 Å². The molecule has 2 bridgehead atoms. The van der Waals surface area contributed by atoms with Crippen LogP contribution in [-0.2, 0) is 16.1 Å². The quantitative estimate of drug-likeness (QED) is 0.463. The number of pyridine rings is 1. The largest absolute Gasteiger partial charge is 0.380 e. The van der Waals surface area contributed by atoms with Crippen LogP contribution in [0.3, 0.4) is 0 Å². The van der Waals surface area contributed by atoms with Crippen LogP contribution in [0.25, 0.3) is 5.69 Å². The summed E-state index contributed by atoms with van der Waals surface area (Å²) < 4.78 is 3.47. The summed E-state index contributed by atoms with van der Waals surface area (Å²) >= 11 is 0. The summed E-state index contributed by atoms with van der Waals surface area (Å²) in [4.78, 5) is 39.4. The maximum Gasteiger partial charge on any atom is 0.254 e. The topological polar surface area (TPSA) is 130 Å². The van der Waals surface area contributed by atoms with Gasteiger partial charge in [-0.3, -0.25) is 14.4 Å². The van der Waals surface area contributed by atoms with E-state index in [-0.39, 0.29) is 17.4 Å². The number of nitrogens with zero attached hydrogens (tertiary/aromatic N) is 4. The summed E-state index contributed by atoms with van der Waals surface area (Å²) in [6.45, 7) is 2.95. The predicted octanol–water partition coefficient (Wildman–Crippen LogP) is 0.579. The molecule has 0 saturated carbocycles. The number of carbonyl (C=O) groups excluding carboxylic acids is 2. The van der Waals surface area contributed by atoms with E-state index in [1.54, 1.807) is 28.4 Å². The van der Waals surface area contributed by atoms with Crippen LogP contribution in [0.1, 0.15) is 36.6 Å². The number of rotatable bonds is 6. The van der Waals surface area contributed by atoms with Gasteiger partial charge >= 0.3 is 0 Å². The summed E-state index contributed by atoms with van der Waals surface area (Å²) in [6, 6.07) is 13.9. The van der Waals surface area contributed by atoms with Gasteiger partial charge in [0.05, 0.1) is 11.7 Å².